The third kappa shape index (κ3) is 8.72. The van der Waals surface area contributed by atoms with E-state index in [1.54, 1.807) is 0 Å². The van der Waals surface area contributed by atoms with Gasteiger partial charge >= 0.3 is 0 Å². The number of fused-ring (bicyclic) bond motifs is 12. The van der Waals surface area contributed by atoms with Crippen molar-refractivity contribution in [2.45, 2.75) is 0 Å². The van der Waals surface area contributed by atoms with Gasteiger partial charge in [0.05, 0.1) is 0 Å². The third-order valence-electron chi connectivity index (χ3n) is 17.5. The number of furan rings is 1. The molecule has 0 unspecified atom stereocenters. The van der Waals surface area contributed by atoms with Crippen molar-refractivity contribution in [1.82, 2.24) is 9.97 Å². The van der Waals surface area contributed by atoms with E-state index in [0.717, 1.165) is 144 Å². The molecule has 0 saturated heterocycles. The van der Waals surface area contributed by atoms with E-state index in [-0.39, 0.29) is 0 Å². The molecule has 90 heavy (non-hydrogen) atoms. The van der Waals surface area contributed by atoms with Gasteiger partial charge in [-0.25, -0.2) is 9.97 Å². The monoisotopic (exact) mass is 1170 g/mol. The first-order chi connectivity index (χ1) is 44.6. The first kappa shape index (κ1) is 51.4. The van der Waals surface area contributed by atoms with Crippen LogP contribution in [0.4, 0.5) is 34.1 Å². The molecule has 0 N–H and O–H groups in total. The van der Waals surface area contributed by atoms with Crippen molar-refractivity contribution in [3.8, 4) is 56.3 Å². The quantitative estimate of drug-likeness (QED) is 0.128. The maximum absolute atomic E-state index is 6.80. The molecular formula is C82H50N4O3S. The summed E-state index contributed by atoms with van der Waals surface area (Å²) < 4.78 is 22.2. The molecule has 0 aliphatic heterocycles. The number of rotatable bonds is 11. The summed E-state index contributed by atoms with van der Waals surface area (Å²) >= 11 is 1.83. The van der Waals surface area contributed by atoms with Gasteiger partial charge in [-0.3, -0.25) is 0 Å². The van der Waals surface area contributed by atoms with Crippen molar-refractivity contribution in [3.05, 3.63) is 303 Å². The molecule has 0 radical (unpaired) electrons. The molecule has 0 amide bonds. The number of oxazole rings is 2. The fourth-order valence-corrected chi connectivity index (χ4v) is 14.3. The Bertz CT molecular complexity index is 5790. The Hall–Kier alpha value is -11.8. The van der Waals surface area contributed by atoms with E-state index in [2.05, 4.69) is 271 Å². The van der Waals surface area contributed by atoms with Crippen LogP contribution >= 0.6 is 11.3 Å². The van der Waals surface area contributed by atoms with Crippen molar-refractivity contribution >= 4 is 131 Å². The van der Waals surface area contributed by atoms with Crippen LogP contribution in [0.5, 0.6) is 0 Å². The van der Waals surface area contributed by atoms with Gasteiger partial charge in [0.1, 0.15) is 22.2 Å². The first-order valence-electron chi connectivity index (χ1n) is 30.2. The molecule has 0 aliphatic carbocycles. The zero-order valence-electron chi connectivity index (χ0n) is 48.3. The Morgan fingerprint density at radius 2 is 0.756 bits per heavy atom. The molecular weight excluding hydrogens is 1120 g/mol. The second kappa shape index (κ2) is 21.0. The van der Waals surface area contributed by atoms with Gasteiger partial charge in [-0.15, -0.1) is 11.3 Å². The Morgan fingerprint density at radius 3 is 1.48 bits per heavy atom. The summed E-state index contributed by atoms with van der Waals surface area (Å²) in [6, 6.07) is 107. The minimum absolute atomic E-state index is 0.568. The zero-order valence-corrected chi connectivity index (χ0v) is 49.1. The molecule has 8 heteroatoms. The lowest BCUT2D eigenvalue weighted by Crippen LogP contribution is -2.09. The minimum atomic E-state index is 0.568. The van der Waals surface area contributed by atoms with E-state index < -0.39 is 0 Å². The molecule has 4 aromatic heterocycles. The van der Waals surface area contributed by atoms with Gasteiger partial charge in [0.25, 0.3) is 0 Å². The van der Waals surface area contributed by atoms with E-state index in [1.807, 2.05) is 53.8 Å². The Labute approximate surface area is 520 Å². The molecule has 0 aliphatic rings. The first-order valence-corrected chi connectivity index (χ1v) is 31.0. The molecule has 0 fully saturated rings. The lowest BCUT2D eigenvalue weighted by molar-refractivity contribution is 0.620. The normalized spacial score (nSPS) is 11.8. The van der Waals surface area contributed by atoms with Crippen LogP contribution in [0.25, 0.3) is 142 Å². The summed E-state index contributed by atoms with van der Waals surface area (Å²) in [5, 5.41) is 9.02. The zero-order chi connectivity index (χ0) is 59.2. The highest BCUT2D eigenvalue weighted by Gasteiger charge is 2.22. The van der Waals surface area contributed by atoms with Gasteiger partial charge in [0.2, 0.25) is 11.8 Å². The Balaban J connectivity index is 0.671. The number of hydrogen-bond acceptors (Lipinski definition) is 8. The number of thiophene rings is 1. The average Bonchev–Trinajstić information content (AvgIpc) is 2.15. The molecule has 0 atom stereocenters. The highest BCUT2D eigenvalue weighted by Crippen LogP contribution is 2.46. The van der Waals surface area contributed by atoms with Gasteiger partial charge in [0.15, 0.2) is 11.2 Å². The Kier molecular flexibility index (Phi) is 12.0. The van der Waals surface area contributed by atoms with Crippen LogP contribution in [0, 0.1) is 0 Å². The van der Waals surface area contributed by atoms with Crippen LogP contribution in [0.1, 0.15) is 0 Å². The van der Waals surface area contributed by atoms with Crippen molar-refractivity contribution < 1.29 is 13.3 Å². The van der Waals surface area contributed by atoms with E-state index in [9.17, 15) is 0 Å². The van der Waals surface area contributed by atoms with Gasteiger partial charge in [-0.2, -0.15) is 0 Å². The van der Waals surface area contributed by atoms with Crippen molar-refractivity contribution in [2.24, 2.45) is 0 Å². The van der Waals surface area contributed by atoms with Gasteiger partial charge in [-0.05, 0) is 165 Å². The molecule has 7 nitrogen and oxygen atoms in total. The summed E-state index contributed by atoms with van der Waals surface area (Å²) in [5.41, 5.74) is 19.5. The molecule has 18 rings (SSSR count). The van der Waals surface area contributed by atoms with Crippen LogP contribution < -0.4 is 9.80 Å². The van der Waals surface area contributed by atoms with E-state index >= 15 is 0 Å². The average molecular weight is 1170 g/mol. The molecule has 0 spiro atoms. The second-order valence-electron chi connectivity index (χ2n) is 22.8. The lowest BCUT2D eigenvalue weighted by Gasteiger charge is -2.26. The number of anilines is 6. The summed E-state index contributed by atoms with van der Waals surface area (Å²) in [4.78, 5) is 14.9. The van der Waals surface area contributed by atoms with Crippen molar-refractivity contribution in [3.63, 3.8) is 0 Å². The second-order valence-corrected chi connectivity index (χ2v) is 23.9. The highest BCUT2D eigenvalue weighted by molar-refractivity contribution is 7.25. The smallest absolute Gasteiger partial charge is 0.227 e. The SMILES string of the molecule is c1ccc(-c2nc3c(cc(-c4ccc(N(c5ccc(-c6cccc(-c7nc8cc(-c9ccc(N(c%10ccccc%10)c%10ccc%11c(c%10)oc%10ccccc%10%11)cc9)c9ccccc9c8o7)c6)cc5)c5ccc6c(c5)sc5ccccc56)cc4)c4ccccc43)o2)cc1. The summed E-state index contributed by atoms with van der Waals surface area (Å²) in [6.45, 7) is 0. The summed E-state index contributed by atoms with van der Waals surface area (Å²) in [6.07, 6.45) is 0. The van der Waals surface area contributed by atoms with Crippen molar-refractivity contribution in [1.29, 1.82) is 0 Å². The maximum atomic E-state index is 6.80. The van der Waals surface area contributed by atoms with E-state index in [4.69, 9.17) is 23.2 Å². The molecule has 0 bridgehead atoms. The van der Waals surface area contributed by atoms with Crippen LogP contribution in [-0.4, -0.2) is 9.97 Å². The number of aromatic nitrogens is 2. The summed E-state index contributed by atoms with van der Waals surface area (Å²) in [7, 11) is 0. The molecule has 18 aromatic rings. The molecule has 4 heterocycles. The maximum Gasteiger partial charge on any atom is 0.227 e. The lowest BCUT2D eigenvalue weighted by atomic mass is 9.97. The van der Waals surface area contributed by atoms with Crippen molar-refractivity contribution in [2.75, 3.05) is 9.80 Å². The molecule has 0 saturated carbocycles. The van der Waals surface area contributed by atoms with E-state index in [1.165, 1.54) is 20.2 Å². The topological polar surface area (TPSA) is 71.7 Å². The standard InChI is InChI=1S/C82H50N4O3S/c1-3-16-54(17-4-1)81-84-79-69-26-9-7-22-63(69)72(50-76(79)88-81)53-34-40-60(41-35-53)86(62-43-45-68-67-25-12-14-29-77(67)90-78(68)48-62)58-36-30-51(31-37-58)55-18-15-19-56(46-55)82-83-73-49-71(64-23-8-10-27-70(64)80(73)89-82)52-32-38-59(39-33-52)85(57-20-5-2-6-21-57)61-42-44-66-65-24-11-13-28-74(65)87-75(66)47-61/h1-50H. The van der Waals surface area contributed by atoms with Crippen LogP contribution in [-0.2, 0) is 0 Å². The number of nitrogens with zero attached hydrogens (tertiary/aromatic N) is 4. The minimum Gasteiger partial charge on any atom is -0.456 e. The van der Waals surface area contributed by atoms with Gasteiger partial charge < -0.3 is 23.1 Å². The van der Waals surface area contributed by atoms with Crippen LogP contribution in [0.3, 0.4) is 0 Å². The van der Waals surface area contributed by atoms with Crippen LogP contribution in [0.2, 0.25) is 0 Å². The predicted molar refractivity (Wildman–Crippen MR) is 373 cm³/mol. The predicted octanol–water partition coefficient (Wildman–Crippen LogP) is 23.8. The van der Waals surface area contributed by atoms with Gasteiger partial charge in [-0.1, -0.05) is 176 Å². The van der Waals surface area contributed by atoms with Gasteiger partial charge in [0, 0.05) is 93.0 Å². The number of benzene rings is 14. The highest BCUT2D eigenvalue weighted by atomic mass is 32.1. The largest absolute Gasteiger partial charge is 0.456 e. The third-order valence-corrected chi connectivity index (χ3v) is 18.6. The van der Waals surface area contributed by atoms with E-state index in [0.29, 0.717) is 11.8 Å². The Morgan fingerprint density at radius 1 is 0.256 bits per heavy atom. The fourth-order valence-electron chi connectivity index (χ4n) is 13.2. The molecule has 422 valence electrons. The number of hydrogen-bond donors (Lipinski definition) is 0. The number of para-hydroxylation sites is 2. The van der Waals surface area contributed by atoms with Crippen LogP contribution in [0.15, 0.2) is 317 Å². The summed E-state index contributed by atoms with van der Waals surface area (Å²) in [5.74, 6) is 1.18. The fraction of sp³-hybridized carbons (Fsp3) is 0. The molecule has 14 aromatic carbocycles.